The lowest BCUT2D eigenvalue weighted by Crippen LogP contribution is -2.47. The summed E-state index contributed by atoms with van der Waals surface area (Å²) in [5, 5.41) is 0. The van der Waals surface area contributed by atoms with E-state index < -0.39 is 0 Å². The molecule has 0 atom stereocenters. The zero-order valence-electron chi connectivity index (χ0n) is 19.6. The maximum absolute atomic E-state index is 6.85. The van der Waals surface area contributed by atoms with Crippen LogP contribution >= 0.6 is 0 Å². The second kappa shape index (κ2) is 7.22. The van der Waals surface area contributed by atoms with Crippen molar-refractivity contribution in [1.29, 1.82) is 0 Å². The summed E-state index contributed by atoms with van der Waals surface area (Å²) in [5.74, 6) is 1.12. The molecule has 3 aromatic rings. The summed E-state index contributed by atoms with van der Waals surface area (Å²) in [5.41, 5.74) is 9.01. The van der Waals surface area contributed by atoms with Crippen LogP contribution in [-0.2, 0) is 12.5 Å². The standard InChI is InChI=1S/C29H34NO/c1-20-14-15-24-27(31-28(3,4)29(24)16-10-7-11-17-29)26(20)25-18-21(2)23(19-30(25)5)22-12-8-6-9-13-22/h6,8-9,12-15,18-19H,7,10-11,16-17H2,1-5H3/q+1. The highest BCUT2D eigenvalue weighted by Gasteiger charge is 2.55. The average Bonchev–Trinajstić information content (AvgIpc) is 2.97. The van der Waals surface area contributed by atoms with Gasteiger partial charge in [0.25, 0.3) is 0 Å². The first-order chi connectivity index (χ1) is 14.8. The molecule has 2 nitrogen and oxygen atoms in total. The first-order valence-corrected chi connectivity index (χ1v) is 11.7. The normalized spacial score (nSPS) is 18.6. The third-order valence-electron chi connectivity index (χ3n) is 7.92. The molecule has 0 bridgehead atoms. The van der Waals surface area contributed by atoms with Crippen LogP contribution in [-0.4, -0.2) is 5.60 Å². The molecule has 0 N–H and O–H groups in total. The van der Waals surface area contributed by atoms with Gasteiger partial charge < -0.3 is 4.74 Å². The molecule has 160 valence electrons. The van der Waals surface area contributed by atoms with Gasteiger partial charge in [0.05, 0.1) is 5.56 Å². The predicted molar refractivity (Wildman–Crippen MR) is 127 cm³/mol. The number of pyridine rings is 1. The quantitative estimate of drug-likeness (QED) is 0.420. The predicted octanol–water partition coefficient (Wildman–Crippen LogP) is 6.83. The van der Waals surface area contributed by atoms with Gasteiger partial charge >= 0.3 is 0 Å². The third-order valence-corrected chi connectivity index (χ3v) is 7.92. The highest BCUT2D eigenvalue weighted by molar-refractivity contribution is 5.76. The van der Waals surface area contributed by atoms with Gasteiger partial charge in [-0.25, -0.2) is 4.57 Å². The Balaban J connectivity index is 1.69. The highest BCUT2D eigenvalue weighted by atomic mass is 16.5. The van der Waals surface area contributed by atoms with E-state index in [2.05, 4.69) is 94.0 Å². The van der Waals surface area contributed by atoms with Crippen LogP contribution in [0.3, 0.4) is 0 Å². The first kappa shape index (κ1) is 20.3. The van der Waals surface area contributed by atoms with Gasteiger partial charge in [-0.3, -0.25) is 0 Å². The monoisotopic (exact) mass is 412 g/mol. The van der Waals surface area contributed by atoms with E-state index in [0.29, 0.717) is 0 Å². The van der Waals surface area contributed by atoms with Crippen LogP contribution in [0, 0.1) is 13.8 Å². The van der Waals surface area contributed by atoms with E-state index in [4.69, 9.17) is 4.74 Å². The molecule has 1 fully saturated rings. The van der Waals surface area contributed by atoms with Gasteiger partial charge in [0.15, 0.2) is 6.20 Å². The summed E-state index contributed by atoms with van der Waals surface area (Å²) in [4.78, 5) is 0. The summed E-state index contributed by atoms with van der Waals surface area (Å²) >= 11 is 0. The molecule has 1 saturated carbocycles. The van der Waals surface area contributed by atoms with Gasteiger partial charge in [-0.15, -0.1) is 0 Å². The molecule has 1 aliphatic carbocycles. The number of fused-ring (bicyclic) bond motifs is 2. The first-order valence-electron chi connectivity index (χ1n) is 11.7. The number of nitrogens with zero attached hydrogens (tertiary/aromatic N) is 1. The molecule has 31 heavy (non-hydrogen) atoms. The van der Waals surface area contributed by atoms with Gasteiger partial charge in [-0.2, -0.15) is 0 Å². The van der Waals surface area contributed by atoms with Crippen molar-refractivity contribution in [1.82, 2.24) is 0 Å². The number of ether oxygens (including phenoxy) is 1. The van der Waals surface area contributed by atoms with Gasteiger partial charge in [0.2, 0.25) is 5.69 Å². The minimum absolute atomic E-state index is 0.140. The van der Waals surface area contributed by atoms with Crippen molar-refractivity contribution in [2.45, 2.75) is 70.8 Å². The summed E-state index contributed by atoms with van der Waals surface area (Å²) in [6.07, 6.45) is 8.68. The van der Waals surface area contributed by atoms with Crippen LogP contribution in [0.1, 0.15) is 62.6 Å². The molecule has 5 rings (SSSR count). The largest absolute Gasteiger partial charge is 0.486 e. The molecule has 1 spiro atoms. The zero-order chi connectivity index (χ0) is 21.8. The molecular formula is C29H34NO+. The topological polar surface area (TPSA) is 13.1 Å². The fourth-order valence-electron chi connectivity index (χ4n) is 6.10. The number of aryl methyl sites for hydroxylation is 3. The Morgan fingerprint density at radius 2 is 1.58 bits per heavy atom. The Morgan fingerprint density at radius 3 is 2.29 bits per heavy atom. The van der Waals surface area contributed by atoms with E-state index in [9.17, 15) is 0 Å². The molecule has 0 unspecified atom stereocenters. The molecule has 2 heteroatoms. The number of rotatable bonds is 2. The number of hydrogen-bond acceptors (Lipinski definition) is 1. The van der Waals surface area contributed by atoms with Gasteiger partial charge in [0, 0.05) is 22.6 Å². The SMILES string of the molecule is Cc1cc(-c2c(C)ccc3c2OC(C)(C)C32CCCCC2)[n+](C)cc1-c1ccccc1. The highest BCUT2D eigenvalue weighted by Crippen LogP contribution is 2.58. The molecule has 2 heterocycles. The van der Waals surface area contributed by atoms with Gasteiger partial charge in [0.1, 0.15) is 18.4 Å². The van der Waals surface area contributed by atoms with Crippen molar-refractivity contribution in [3.05, 3.63) is 71.4 Å². The van der Waals surface area contributed by atoms with Crippen molar-refractivity contribution in [3.63, 3.8) is 0 Å². The maximum atomic E-state index is 6.85. The molecule has 0 radical (unpaired) electrons. The summed E-state index contributed by atoms with van der Waals surface area (Å²) in [6.45, 7) is 9.05. The van der Waals surface area contributed by atoms with Crippen LogP contribution in [0.25, 0.3) is 22.4 Å². The van der Waals surface area contributed by atoms with Crippen LogP contribution < -0.4 is 9.30 Å². The molecule has 0 saturated heterocycles. The van der Waals surface area contributed by atoms with E-state index in [1.807, 2.05) is 0 Å². The minimum atomic E-state index is -0.171. The molecule has 0 amide bonds. The number of hydrogen-bond donors (Lipinski definition) is 0. The van der Waals surface area contributed by atoms with Crippen molar-refractivity contribution < 1.29 is 9.30 Å². The van der Waals surface area contributed by atoms with E-state index >= 15 is 0 Å². The number of benzene rings is 2. The Kier molecular flexibility index (Phi) is 4.73. The fourth-order valence-corrected chi connectivity index (χ4v) is 6.10. The second-order valence-corrected chi connectivity index (χ2v) is 10.1. The van der Waals surface area contributed by atoms with E-state index in [0.717, 1.165) is 5.75 Å². The van der Waals surface area contributed by atoms with Crippen LogP contribution in [0.2, 0.25) is 0 Å². The van der Waals surface area contributed by atoms with E-state index in [1.165, 1.54) is 71.2 Å². The zero-order valence-corrected chi connectivity index (χ0v) is 19.6. The lowest BCUT2D eigenvalue weighted by Gasteiger charge is -2.43. The number of aromatic nitrogens is 1. The Hall–Kier alpha value is -2.61. The second-order valence-electron chi connectivity index (χ2n) is 10.1. The van der Waals surface area contributed by atoms with E-state index in [1.54, 1.807) is 0 Å². The maximum Gasteiger partial charge on any atom is 0.216 e. The Bertz CT molecular complexity index is 1140. The van der Waals surface area contributed by atoms with Gasteiger partial charge in [-0.05, 0) is 57.2 Å². The van der Waals surface area contributed by atoms with E-state index in [-0.39, 0.29) is 11.0 Å². The molecule has 1 aromatic heterocycles. The summed E-state index contributed by atoms with van der Waals surface area (Å²) in [6, 6.07) is 17.7. The molecule has 1 aliphatic heterocycles. The lowest BCUT2D eigenvalue weighted by molar-refractivity contribution is -0.660. The molecule has 2 aromatic carbocycles. The smallest absolute Gasteiger partial charge is 0.216 e. The molecular weight excluding hydrogens is 378 g/mol. The third kappa shape index (κ3) is 3.03. The van der Waals surface area contributed by atoms with Crippen LogP contribution in [0.5, 0.6) is 5.75 Å². The lowest BCUT2D eigenvalue weighted by atomic mass is 9.62. The van der Waals surface area contributed by atoms with Gasteiger partial charge in [-0.1, -0.05) is 61.7 Å². The van der Waals surface area contributed by atoms with Crippen molar-refractivity contribution in [3.8, 4) is 28.1 Å². The van der Waals surface area contributed by atoms with Crippen molar-refractivity contribution in [2.75, 3.05) is 0 Å². The van der Waals surface area contributed by atoms with Crippen LogP contribution in [0.15, 0.2) is 54.7 Å². The van der Waals surface area contributed by atoms with Crippen LogP contribution in [0.4, 0.5) is 0 Å². The summed E-state index contributed by atoms with van der Waals surface area (Å²) < 4.78 is 9.13. The van der Waals surface area contributed by atoms with Crippen molar-refractivity contribution >= 4 is 0 Å². The fraction of sp³-hybridized carbons (Fsp3) is 0.414. The molecule has 2 aliphatic rings. The average molecular weight is 413 g/mol. The minimum Gasteiger partial charge on any atom is -0.486 e. The summed E-state index contributed by atoms with van der Waals surface area (Å²) in [7, 11) is 2.16. The Labute approximate surface area is 186 Å². The van der Waals surface area contributed by atoms with Crippen molar-refractivity contribution in [2.24, 2.45) is 7.05 Å². The Morgan fingerprint density at radius 1 is 0.871 bits per heavy atom.